The number of nitrogens with one attached hydrogen (secondary N) is 1. The second kappa shape index (κ2) is 9.77. The maximum absolute atomic E-state index is 11.4. The summed E-state index contributed by atoms with van der Waals surface area (Å²) in [5, 5.41) is 8.44. The van der Waals surface area contributed by atoms with Gasteiger partial charge in [0, 0.05) is 31.8 Å². The van der Waals surface area contributed by atoms with Gasteiger partial charge in [-0.15, -0.1) is 5.10 Å². The molecular formula is C26H32N6O4. The van der Waals surface area contributed by atoms with Gasteiger partial charge in [0.25, 0.3) is 0 Å². The van der Waals surface area contributed by atoms with Gasteiger partial charge in [0.2, 0.25) is 11.8 Å². The molecule has 10 heteroatoms. The van der Waals surface area contributed by atoms with Crippen molar-refractivity contribution in [2.24, 2.45) is 0 Å². The molecule has 1 amide bonds. The Morgan fingerprint density at radius 3 is 2.86 bits per heavy atom. The molecule has 1 aliphatic rings. The normalized spacial score (nSPS) is 16.1. The van der Waals surface area contributed by atoms with E-state index in [4.69, 9.17) is 13.9 Å². The molecule has 0 spiro atoms. The van der Waals surface area contributed by atoms with Crippen molar-refractivity contribution in [3.63, 3.8) is 0 Å². The number of fused-ring (bicyclic) bond motifs is 2. The van der Waals surface area contributed by atoms with Crippen LogP contribution in [0.3, 0.4) is 0 Å². The standard InChI is InChI=1S/C26H32N6O4/c1-5-31(12-13-35-26(2,3)4)25-18-14-21(36-20(18)10-11-27-25)19-15-28-22-7-9-24(30-32(19)22)34-16-17-6-8-23(33)29-17/h7,9-11,14-15,17H,5-6,8,12-13,16H2,1-4H3,(H,29,33)/t17-/m1/s1. The lowest BCUT2D eigenvalue weighted by molar-refractivity contribution is -0.119. The van der Waals surface area contributed by atoms with Crippen LogP contribution in [0.15, 0.2) is 41.1 Å². The summed E-state index contributed by atoms with van der Waals surface area (Å²) in [6.07, 6.45) is 4.81. The molecule has 1 atom stereocenters. The zero-order valence-electron chi connectivity index (χ0n) is 21.2. The predicted octanol–water partition coefficient (Wildman–Crippen LogP) is 3.84. The van der Waals surface area contributed by atoms with Crippen molar-refractivity contribution in [2.45, 2.75) is 52.2 Å². The second-order valence-electron chi connectivity index (χ2n) is 9.90. The quantitative estimate of drug-likeness (QED) is 0.376. The zero-order chi connectivity index (χ0) is 25.3. The Labute approximate surface area is 209 Å². The number of anilines is 1. The minimum atomic E-state index is -0.189. The highest BCUT2D eigenvalue weighted by Crippen LogP contribution is 2.33. The molecular weight excluding hydrogens is 460 g/mol. The molecule has 5 rings (SSSR count). The maximum atomic E-state index is 11.4. The Morgan fingerprint density at radius 1 is 1.25 bits per heavy atom. The summed E-state index contributed by atoms with van der Waals surface area (Å²) in [5.41, 5.74) is 1.95. The van der Waals surface area contributed by atoms with Crippen molar-refractivity contribution in [3.05, 3.63) is 36.7 Å². The first-order chi connectivity index (χ1) is 17.3. The van der Waals surface area contributed by atoms with Crippen LogP contribution in [0.5, 0.6) is 5.88 Å². The van der Waals surface area contributed by atoms with Crippen molar-refractivity contribution in [1.82, 2.24) is 24.9 Å². The lowest BCUT2D eigenvalue weighted by Crippen LogP contribution is -2.31. The number of amides is 1. The largest absolute Gasteiger partial charge is 0.474 e. The fourth-order valence-electron chi connectivity index (χ4n) is 4.29. The number of hydrogen-bond donors (Lipinski definition) is 1. The number of nitrogens with zero attached hydrogens (tertiary/aromatic N) is 5. The number of furan rings is 1. The fraction of sp³-hybridized carbons (Fsp3) is 0.462. The number of carbonyl (C=O) groups excluding carboxylic acids is 1. The van der Waals surface area contributed by atoms with Gasteiger partial charge in [0.05, 0.1) is 29.8 Å². The van der Waals surface area contributed by atoms with Gasteiger partial charge >= 0.3 is 0 Å². The molecule has 4 aromatic rings. The molecule has 0 aromatic carbocycles. The number of aromatic nitrogens is 4. The van der Waals surface area contributed by atoms with Crippen LogP contribution in [0.4, 0.5) is 5.82 Å². The molecule has 0 bridgehead atoms. The summed E-state index contributed by atoms with van der Waals surface area (Å²) in [6.45, 7) is 10.8. The molecule has 1 aliphatic heterocycles. The summed E-state index contributed by atoms with van der Waals surface area (Å²) in [6, 6.07) is 7.49. The predicted molar refractivity (Wildman–Crippen MR) is 136 cm³/mol. The van der Waals surface area contributed by atoms with E-state index < -0.39 is 0 Å². The van der Waals surface area contributed by atoms with Crippen molar-refractivity contribution in [2.75, 3.05) is 31.2 Å². The van der Waals surface area contributed by atoms with E-state index in [0.717, 1.165) is 36.3 Å². The van der Waals surface area contributed by atoms with Crippen LogP contribution in [0.25, 0.3) is 28.1 Å². The van der Waals surface area contributed by atoms with Gasteiger partial charge in [0.15, 0.2) is 11.4 Å². The van der Waals surface area contributed by atoms with Crippen molar-refractivity contribution < 1.29 is 18.7 Å². The van der Waals surface area contributed by atoms with E-state index in [1.165, 1.54) is 0 Å². The van der Waals surface area contributed by atoms with Crippen LogP contribution < -0.4 is 15.0 Å². The van der Waals surface area contributed by atoms with E-state index in [-0.39, 0.29) is 17.6 Å². The highest BCUT2D eigenvalue weighted by Gasteiger charge is 2.22. The smallest absolute Gasteiger partial charge is 0.231 e. The van der Waals surface area contributed by atoms with Crippen LogP contribution in [-0.2, 0) is 9.53 Å². The van der Waals surface area contributed by atoms with Crippen LogP contribution in [0, 0.1) is 0 Å². The van der Waals surface area contributed by atoms with Gasteiger partial charge in [-0.05, 0) is 52.3 Å². The third kappa shape index (κ3) is 5.13. The summed E-state index contributed by atoms with van der Waals surface area (Å²) in [5.74, 6) is 2.01. The molecule has 36 heavy (non-hydrogen) atoms. The Morgan fingerprint density at radius 2 is 2.11 bits per heavy atom. The number of hydrogen-bond acceptors (Lipinski definition) is 8. The van der Waals surface area contributed by atoms with Gasteiger partial charge in [0.1, 0.15) is 23.7 Å². The molecule has 0 aliphatic carbocycles. The highest BCUT2D eigenvalue weighted by atomic mass is 16.5. The van der Waals surface area contributed by atoms with E-state index in [2.05, 4.69) is 53.0 Å². The van der Waals surface area contributed by atoms with Crippen molar-refractivity contribution >= 4 is 28.3 Å². The molecule has 1 fully saturated rings. The lowest BCUT2D eigenvalue weighted by atomic mass is 10.2. The average molecular weight is 493 g/mol. The van der Waals surface area contributed by atoms with Crippen molar-refractivity contribution in [3.8, 4) is 17.3 Å². The summed E-state index contributed by atoms with van der Waals surface area (Å²) in [7, 11) is 0. The van der Waals surface area contributed by atoms with Crippen LogP contribution in [0.1, 0.15) is 40.5 Å². The zero-order valence-corrected chi connectivity index (χ0v) is 21.2. The molecule has 1 N–H and O–H groups in total. The van der Waals surface area contributed by atoms with Gasteiger partial charge in [-0.25, -0.2) is 14.5 Å². The second-order valence-corrected chi connectivity index (χ2v) is 9.90. The van der Waals surface area contributed by atoms with Crippen LogP contribution in [-0.4, -0.2) is 63.4 Å². The van der Waals surface area contributed by atoms with E-state index in [0.29, 0.717) is 42.6 Å². The molecule has 10 nitrogen and oxygen atoms in total. The molecule has 4 aromatic heterocycles. The Bertz CT molecular complexity index is 1370. The first-order valence-corrected chi connectivity index (χ1v) is 12.4. The first kappa shape index (κ1) is 24.1. The average Bonchev–Trinajstić information content (AvgIpc) is 3.57. The Hall–Kier alpha value is -3.66. The highest BCUT2D eigenvalue weighted by molar-refractivity contribution is 5.91. The van der Waals surface area contributed by atoms with Crippen LogP contribution in [0.2, 0.25) is 0 Å². The Kier molecular flexibility index (Phi) is 6.53. The minimum Gasteiger partial charge on any atom is -0.474 e. The van der Waals surface area contributed by atoms with E-state index in [1.807, 2.05) is 18.2 Å². The number of pyridine rings is 1. The van der Waals surface area contributed by atoms with E-state index in [1.54, 1.807) is 23.0 Å². The summed E-state index contributed by atoms with van der Waals surface area (Å²) < 4.78 is 19.7. The summed E-state index contributed by atoms with van der Waals surface area (Å²) in [4.78, 5) is 22.8. The topological polar surface area (TPSA) is 107 Å². The number of carbonyl (C=O) groups is 1. The number of rotatable bonds is 9. The van der Waals surface area contributed by atoms with Gasteiger partial charge in [-0.3, -0.25) is 4.79 Å². The molecule has 0 unspecified atom stereocenters. The minimum absolute atomic E-state index is 0.00820. The van der Waals surface area contributed by atoms with E-state index in [9.17, 15) is 4.79 Å². The number of imidazole rings is 1. The number of likely N-dealkylation sites (N-methyl/N-ethyl adjacent to an activating group) is 1. The van der Waals surface area contributed by atoms with Gasteiger partial charge < -0.3 is 24.1 Å². The lowest BCUT2D eigenvalue weighted by Gasteiger charge is -2.25. The Balaban J connectivity index is 1.40. The monoisotopic (exact) mass is 492 g/mol. The van der Waals surface area contributed by atoms with Gasteiger partial charge in [-0.2, -0.15) is 0 Å². The first-order valence-electron chi connectivity index (χ1n) is 12.4. The maximum Gasteiger partial charge on any atom is 0.231 e. The third-order valence-corrected chi connectivity index (χ3v) is 6.11. The summed E-state index contributed by atoms with van der Waals surface area (Å²) >= 11 is 0. The molecule has 0 radical (unpaired) electrons. The van der Waals surface area contributed by atoms with Gasteiger partial charge in [-0.1, -0.05) is 0 Å². The molecule has 1 saturated heterocycles. The molecule has 190 valence electrons. The SMILES string of the molecule is CCN(CCOC(C)(C)C)c1nccc2oc(-c3cnc4ccc(OC[C@H]5CCC(=O)N5)nn34)cc12. The fourth-order valence-corrected chi connectivity index (χ4v) is 4.29. The van der Waals surface area contributed by atoms with Crippen LogP contribution >= 0.6 is 0 Å². The third-order valence-electron chi connectivity index (χ3n) is 6.11. The van der Waals surface area contributed by atoms with E-state index >= 15 is 0 Å². The molecule has 0 saturated carbocycles. The molecule has 5 heterocycles. The number of ether oxygens (including phenoxy) is 2. The van der Waals surface area contributed by atoms with Crippen molar-refractivity contribution in [1.29, 1.82) is 0 Å².